The summed E-state index contributed by atoms with van der Waals surface area (Å²) in [6.45, 7) is 1.93. The molecule has 0 aromatic heterocycles. The van der Waals surface area contributed by atoms with Crippen LogP contribution < -0.4 is 0 Å². The molecule has 1 saturated carbocycles. The number of carboxylic acids is 1. The van der Waals surface area contributed by atoms with Crippen LogP contribution in [0.25, 0.3) is 0 Å². The third-order valence-corrected chi connectivity index (χ3v) is 3.76. The molecule has 100 valence electrons. The Morgan fingerprint density at radius 1 is 1.12 bits per heavy atom. The second kappa shape index (κ2) is 6.97. The highest BCUT2D eigenvalue weighted by atomic mass is 16.4. The van der Waals surface area contributed by atoms with E-state index in [0.717, 1.165) is 32.4 Å². The summed E-state index contributed by atoms with van der Waals surface area (Å²) in [5.41, 5.74) is 0. The van der Waals surface area contributed by atoms with Gasteiger partial charge in [-0.15, -0.1) is 0 Å². The lowest BCUT2D eigenvalue weighted by molar-refractivity contribution is -0.144. The number of rotatable bonds is 5. The van der Waals surface area contributed by atoms with Crippen molar-refractivity contribution >= 4 is 5.97 Å². The third-order valence-electron chi connectivity index (χ3n) is 3.76. The average Bonchev–Trinajstić information content (AvgIpc) is 2.50. The van der Waals surface area contributed by atoms with E-state index in [4.69, 9.17) is 0 Å². The molecule has 4 nitrogen and oxygen atoms in total. The van der Waals surface area contributed by atoms with Crippen molar-refractivity contribution in [2.24, 2.45) is 5.92 Å². The Morgan fingerprint density at radius 2 is 1.76 bits per heavy atom. The van der Waals surface area contributed by atoms with Crippen LogP contribution in [0.3, 0.4) is 0 Å². The van der Waals surface area contributed by atoms with Gasteiger partial charge < -0.3 is 14.9 Å². The average molecular weight is 242 g/mol. The molecular formula is C13H26N2O2. The first-order valence-corrected chi connectivity index (χ1v) is 6.60. The number of likely N-dealkylation sites (N-methyl/N-ethyl adjacent to an activating group) is 2. The zero-order valence-electron chi connectivity index (χ0n) is 11.4. The highest BCUT2D eigenvalue weighted by Crippen LogP contribution is 2.27. The number of carbonyl (C=O) groups is 1. The minimum absolute atomic E-state index is 0.176. The van der Waals surface area contributed by atoms with Gasteiger partial charge in [-0.2, -0.15) is 0 Å². The summed E-state index contributed by atoms with van der Waals surface area (Å²) in [7, 11) is 6.17. The van der Waals surface area contributed by atoms with Crippen molar-refractivity contribution in [1.29, 1.82) is 0 Å². The Balaban J connectivity index is 2.58. The van der Waals surface area contributed by atoms with E-state index in [1.807, 2.05) is 0 Å². The highest BCUT2D eigenvalue weighted by Gasteiger charge is 2.31. The van der Waals surface area contributed by atoms with E-state index in [1.165, 1.54) is 12.8 Å². The molecule has 1 N–H and O–H groups in total. The first-order chi connectivity index (χ1) is 8.02. The van der Waals surface area contributed by atoms with E-state index in [1.54, 1.807) is 0 Å². The summed E-state index contributed by atoms with van der Waals surface area (Å²) in [5, 5.41) is 9.32. The SMILES string of the molecule is CN(C)CCN(C)C1CCCCCC1C(=O)O. The van der Waals surface area contributed by atoms with Crippen LogP contribution in [0.2, 0.25) is 0 Å². The maximum atomic E-state index is 11.3. The van der Waals surface area contributed by atoms with Gasteiger partial charge in [-0.05, 0) is 34.0 Å². The van der Waals surface area contributed by atoms with Crippen LogP contribution in [0.15, 0.2) is 0 Å². The summed E-state index contributed by atoms with van der Waals surface area (Å²) in [4.78, 5) is 15.7. The zero-order chi connectivity index (χ0) is 12.8. The molecular weight excluding hydrogens is 216 g/mol. The smallest absolute Gasteiger partial charge is 0.308 e. The van der Waals surface area contributed by atoms with Crippen molar-refractivity contribution in [1.82, 2.24) is 9.80 Å². The van der Waals surface area contributed by atoms with Gasteiger partial charge in [-0.3, -0.25) is 4.79 Å². The topological polar surface area (TPSA) is 43.8 Å². The van der Waals surface area contributed by atoms with Crippen LogP contribution in [-0.4, -0.2) is 61.2 Å². The number of hydrogen-bond donors (Lipinski definition) is 1. The Bertz CT molecular complexity index is 244. The van der Waals surface area contributed by atoms with Crippen molar-refractivity contribution < 1.29 is 9.90 Å². The van der Waals surface area contributed by atoms with Gasteiger partial charge in [0.05, 0.1) is 5.92 Å². The Morgan fingerprint density at radius 3 is 2.35 bits per heavy atom. The molecule has 1 rings (SSSR count). The van der Waals surface area contributed by atoms with E-state index in [2.05, 4.69) is 30.9 Å². The van der Waals surface area contributed by atoms with Gasteiger partial charge in [-0.1, -0.05) is 19.3 Å². The normalized spacial score (nSPS) is 26.2. The lowest BCUT2D eigenvalue weighted by Gasteiger charge is -2.32. The number of nitrogens with zero attached hydrogens (tertiary/aromatic N) is 2. The van der Waals surface area contributed by atoms with E-state index in [9.17, 15) is 9.90 Å². The van der Waals surface area contributed by atoms with Gasteiger partial charge in [0.2, 0.25) is 0 Å². The molecule has 2 unspecified atom stereocenters. The molecule has 0 aromatic rings. The summed E-state index contributed by atoms with van der Waals surface area (Å²) < 4.78 is 0. The van der Waals surface area contributed by atoms with Crippen molar-refractivity contribution in [3.8, 4) is 0 Å². The second-order valence-electron chi connectivity index (χ2n) is 5.43. The van der Waals surface area contributed by atoms with E-state index >= 15 is 0 Å². The van der Waals surface area contributed by atoms with Crippen molar-refractivity contribution in [3.63, 3.8) is 0 Å². The van der Waals surface area contributed by atoms with E-state index in [-0.39, 0.29) is 12.0 Å². The van der Waals surface area contributed by atoms with Gasteiger partial charge in [-0.25, -0.2) is 0 Å². The van der Waals surface area contributed by atoms with Crippen molar-refractivity contribution in [3.05, 3.63) is 0 Å². The fourth-order valence-electron chi connectivity index (χ4n) is 2.63. The van der Waals surface area contributed by atoms with E-state index in [0.29, 0.717) is 0 Å². The minimum atomic E-state index is -0.617. The maximum Gasteiger partial charge on any atom is 0.308 e. The molecule has 2 atom stereocenters. The molecule has 0 aliphatic heterocycles. The molecule has 1 aliphatic rings. The predicted molar refractivity (Wildman–Crippen MR) is 69.2 cm³/mol. The minimum Gasteiger partial charge on any atom is -0.481 e. The molecule has 0 amide bonds. The van der Waals surface area contributed by atoms with Gasteiger partial charge in [0.25, 0.3) is 0 Å². The molecule has 0 radical (unpaired) electrons. The summed E-state index contributed by atoms with van der Waals surface area (Å²) >= 11 is 0. The fourth-order valence-corrected chi connectivity index (χ4v) is 2.63. The molecule has 1 aliphatic carbocycles. The lowest BCUT2D eigenvalue weighted by Crippen LogP contribution is -2.43. The lowest BCUT2D eigenvalue weighted by atomic mass is 9.94. The third kappa shape index (κ3) is 4.64. The van der Waals surface area contributed by atoms with Crippen LogP contribution in [0, 0.1) is 5.92 Å². The Kier molecular flexibility index (Phi) is 5.92. The summed E-state index contributed by atoms with van der Waals surface area (Å²) in [6.07, 6.45) is 5.28. The molecule has 17 heavy (non-hydrogen) atoms. The van der Waals surface area contributed by atoms with Gasteiger partial charge >= 0.3 is 5.97 Å². The molecule has 0 spiro atoms. The molecule has 4 heteroatoms. The Labute approximate surface area is 105 Å². The van der Waals surface area contributed by atoms with Crippen LogP contribution in [0.5, 0.6) is 0 Å². The molecule has 0 aromatic carbocycles. The quantitative estimate of drug-likeness (QED) is 0.742. The van der Waals surface area contributed by atoms with E-state index < -0.39 is 5.97 Å². The first kappa shape index (κ1) is 14.5. The van der Waals surface area contributed by atoms with Crippen LogP contribution in [-0.2, 0) is 4.79 Å². The number of aliphatic carboxylic acids is 1. The maximum absolute atomic E-state index is 11.3. The summed E-state index contributed by atoms with van der Waals surface area (Å²) in [6, 6.07) is 0.218. The fraction of sp³-hybridized carbons (Fsp3) is 0.923. The van der Waals surface area contributed by atoms with Gasteiger partial charge in [0.15, 0.2) is 0 Å². The van der Waals surface area contributed by atoms with Crippen molar-refractivity contribution in [2.45, 2.75) is 38.1 Å². The second-order valence-corrected chi connectivity index (χ2v) is 5.43. The number of carboxylic acid groups (broad SMARTS) is 1. The first-order valence-electron chi connectivity index (χ1n) is 6.60. The monoisotopic (exact) mass is 242 g/mol. The molecule has 1 fully saturated rings. The van der Waals surface area contributed by atoms with Gasteiger partial charge in [0, 0.05) is 19.1 Å². The van der Waals surface area contributed by atoms with Crippen LogP contribution >= 0.6 is 0 Å². The Hall–Kier alpha value is -0.610. The number of hydrogen-bond acceptors (Lipinski definition) is 3. The summed E-state index contributed by atoms with van der Waals surface area (Å²) in [5.74, 6) is -0.793. The highest BCUT2D eigenvalue weighted by molar-refractivity contribution is 5.70. The predicted octanol–water partition coefficient (Wildman–Crippen LogP) is 1.51. The van der Waals surface area contributed by atoms with Gasteiger partial charge in [0.1, 0.15) is 0 Å². The zero-order valence-corrected chi connectivity index (χ0v) is 11.4. The van der Waals surface area contributed by atoms with Crippen LogP contribution in [0.4, 0.5) is 0 Å². The molecule has 0 saturated heterocycles. The standard InChI is InChI=1S/C13H26N2O2/c1-14(2)9-10-15(3)12-8-6-4-5-7-11(12)13(16)17/h11-12H,4-10H2,1-3H3,(H,16,17). The molecule has 0 bridgehead atoms. The van der Waals surface area contributed by atoms with Crippen LogP contribution in [0.1, 0.15) is 32.1 Å². The molecule has 0 heterocycles. The van der Waals surface area contributed by atoms with Crippen molar-refractivity contribution in [2.75, 3.05) is 34.2 Å². The largest absolute Gasteiger partial charge is 0.481 e.